The van der Waals surface area contributed by atoms with Gasteiger partial charge < -0.3 is 15.4 Å². The normalized spacial score (nSPS) is 14.5. The van der Waals surface area contributed by atoms with Crippen molar-refractivity contribution in [2.45, 2.75) is 71.3 Å². The van der Waals surface area contributed by atoms with Crippen molar-refractivity contribution in [3.8, 4) is 0 Å². The number of halogens is 4. The molecule has 1 aliphatic rings. The molecule has 1 aromatic carbocycles. The maximum absolute atomic E-state index is 12.7. The number of carbonyl (C=O) groups excluding carboxylic acids is 1. The standard InChI is InChI=1S/C21H31F3N4O2.HI/c1-14-12-15(13-27-18(25-5)26-11-10-21(22,23)24)6-9-17(14)28(16-7-8-16)19(29)30-20(2,3)4;/h6,9,12,16H,7-8,10-11,13H2,1-5H3,(H2,25,26,27);1H. The lowest BCUT2D eigenvalue weighted by atomic mass is 10.1. The van der Waals surface area contributed by atoms with E-state index in [1.807, 2.05) is 45.9 Å². The molecule has 1 fully saturated rings. The Morgan fingerprint density at radius 1 is 1.23 bits per heavy atom. The second kappa shape index (κ2) is 11.2. The second-order valence-corrected chi connectivity index (χ2v) is 8.42. The van der Waals surface area contributed by atoms with Crippen molar-refractivity contribution in [1.82, 2.24) is 10.6 Å². The Morgan fingerprint density at radius 2 is 1.87 bits per heavy atom. The van der Waals surface area contributed by atoms with Gasteiger partial charge in [-0.05, 0) is 57.7 Å². The Bertz CT molecular complexity index is 775. The zero-order valence-corrected chi connectivity index (χ0v) is 20.9. The Hall–Kier alpha value is -1.72. The summed E-state index contributed by atoms with van der Waals surface area (Å²) >= 11 is 0. The molecule has 31 heavy (non-hydrogen) atoms. The number of aliphatic imine (C=N–C) groups is 1. The summed E-state index contributed by atoms with van der Waals surface area (Å²) in [6.45, 7) is 7.60. The molecule has 0 aromatic heterocycles. The molecule has 2 rings (SSSR count). The van der Waals surface area contributed by atoms with Crippen LogP contribution in [0.4, 0.5) is 23.7 Å². The SMILES string of the molecule is CN=C(NCCC(F)(F)F)NCc1ccc(N(C(=O)OC(C)(C)C)C2CC2)c(C)c1.I. The lowest BCUT2D eigenvalue weighted by molar-refractivity contribution is -0.132. The highest BCUT2D eigenvalue weighted by molar-refractivity contribution is 14.0. The van der Waals surface area contributed by atoms with Gasteiger partial charge in [-0.2, -0.15) is 13.2 Å². The van der Waals surface area contributed by atoms with E-state index in [-0.39, 0.29) is 42.7 Å². The van der Waals surface area contributed by atoms with Crippen LogP contribution in [0.15, 0.2) is 23.2 Å². The molecule has 0 heterocycles. The molecule has 0 aliphatic heterocycles. The van der Waals surface area contributed by atoms with Gasteiger partial charge >= 0.3 is 12.3 Å². The van der Waals surface area contributed by atoms with Crippen LogP contribution >= 0.6 is 24.0 Å². The fourth-order valence-electron chi connectivity index (χ4n) is 2.91. The molecule has 2 N–H and O–H groups in total. The zero-order valence-electron chi connectivity index (χ0n) is 18.6. The van der Waals surface area contributed by atoms with E-state index in [0.717, 1.165) is 29.7 Å². The Balaban J connectivity index is 0.00000480. The molecule has 1 aromatic rings. The Morgan fingerprint density at radius 3 is 2.35 bits per heavy atom. The quantitative estimate of drug-likeness (QED) is 0.290. The molecule has 176 valence electrons. The summed E-state index contributed by atoms with van der Waals surface area (Å²) in [4.78, 5) is 18.3. The maximum atomic E-state index is 12.7. The van der Waals surface area contributed by atoms with Gasteiger partial charge in [0.1, 0.15) is 5.60 Å². The lowest BCUT2D eigenvalue weighted by Gasteiger charge is -2.28. The van der Waals surface area contributed by atoms with E-state index in [1.54, 1.807) is 4.90 Å². The van der Waals surface area contributed by atoms with Crippen LogP contribution in [0.3, 0.4) is 0 Å². The van der Waals surface area contributed by atoms with E-state index < -0.39 is 18.2 Å². The Kier molecular flexibility index (Phi) is 9.90. The van der Waals surface area contributed by atoms with Crippen molar-refractivity contribution >= 4 is 41.7 Å². The molecule has 0 spiro atoms. The average molecular weight is 556 g/mol. The summed E-state index contributed by atoms with van der Waals surface area (Å²) in [5, 5.41) is 5.65. The predicted octanol–water partition coefficient (Wildman–Crippen LogP) is 5.13. The summed E-state index contributed by atoms with van der Waals surface area (Å²) in [6, 6.07) is 5.87. The number of rotatable bonds is 6. The molecule has 0 radical (unpaired) electrons. The summed E-state index contributed by atoms with van der Waals surface area (Å²) < 4.78 is 42.4. The van der Waals surface area contributed by atoms with Crippen molar-refractivity contribution in [1.29, 1.82) is 0 Å². The van der Waals surface area contributed by atoms with Crippen LogP contribution in [0.5, 0.6) is 0 Å². The zero-order chi connectivity index (χ0) is 22.5. The number of alkyl halides is 3. The summed E-state index contributed by atoms with van der Waals surface area (Å²) in [5.74, 6) is 0.300. The van der Waals surface area contributed by atoms with Crippen LogP contribution in [-0.2, 0) is 11.3 Å². The minimum atomic E-state index is -4.21. The first kappa shape index (κ1) is 27.3. The van der Waals surface area contributed by atoms with Crippen molar-refractivity contribution < 1.29 is 22.7 Å². The first-order valence-corrected chi connectivity index (χ1v) is 10.0. The van der Waals surface area contributed by atoms with E-state index in [0.29, 0.717) is 12.5 Å². The van der Waals surface area contributed by atoms with Crippen LogP contribution < -0.4 is 15.5 Å². The smallest absolute Gasteiger partial charge is 0.415 e. The van der Waals surface area contributed by atoms with Gasteiger partial charge in [-0.1, -0.05) is 12.1 Å². The number of hydrogen-bond donors (Lipinski definition) is 2. The first-order chi connectivity index (χ1) is 13.9. The fourth-order valence-corrected chi connectivity index (χ4v) is 2.91. The van der Waals surface area contributed by atoms with E-state index in [9.17, 15) is 18.0 Å². The van der Waals surface area contributed by atoms with Crippen molar-refractivity contribution in [3.05, 3.63) is 29.3 Å². The first-order valence-electron chi connectivity index (χ1n) is 10.0. The summed E-state index contributed by atoms with van der Waals surface area (Å²) in [7, 11) is 1.51. The number of amides is 1. The largest absolute Gasteiger partial charge is 0.443 e. The molecule has 10 heteroatoms. The van der Waals surface area contributed by atoms with Gasteiger partial charge in [0.25, 0.3) is 0 Å². The van der Waals surface area contributed by atoms with Crippen LogP contribution in [-0.4, -0.2) is 43.5 Å². The highest BCUT2D eigenvalue weighted by atomic mass is 127. The van der Waals surface area contributed by atoms with Crippen LogP contribution in [0.25, 0.3) is 0 Å². The molecule has 1 amide bonds. The van der Waals surface area contributed by atoms with Crippen molar-refractivity contribution in [2.24, 2.45) is 4.99 Å². The van der Waals surface area contributed by atoms with Gasteiger partial charge in [0.05, 0.1) is 12.1 Å². The minimum absolute atomic E-state index is 0. The highest BCUT2D eigenvalue weighted by Gasteiger charge is 2.37. The number of aryl methyl sites for hydroxylation is 1. The molecule has 0 unspecified atom stereocenters. The number of carbonyl (C=O) groups is 1. The van der Waals surface area contributed by atoms with Gasteiger partial charge in [-0.3, -0.25) is 9.89 Å². The van der Waals surface area contributed by atoms with Gasteiger partial charge in [0, 0.05) is 26.2 Å². The third-order valence-corrected chi connectivity index (χ3v) is 4.41. The summed E-state index contributed by atoms with van der Waals surface area (Å²) in [5.41, 5.74) is 2.09. The minimum Gasteiger partial charge on any atom is -0.443 e. The average Bonchev–Trinajstić information content (AvgIpc) is 3.42. The number of benzene rings is 1. The summed E-state index contributed by atoms with van der Waals surface area (Å²) in [6.07, 6.45) is -3.60. The van der Waals surface area contributed by atoms with E-state index >= 15 is 0 Å². The molecule has 1 saturated carbocycles. The molecular weight excluding hydrogens is 524 g/mol. The van der Waals surface area contributed by atoms with Crippen LogP contribution in [0.1, 0.15) is 51.2 Å². The number of guanidine groups is 1. The molecule has 0 saturated heterocycles. The van der Waals surface area contributed by atoms with Crippen molar-refractivity contribution in [2.75, 3.05) is 18.5 Å². The molecule has 1 aliphatic carbocycles. The predicted molar refractivity (Wildman–Crippen MR) is 127 cm³/mol. The number of nitrogens with zero attached hydrogens (tertiary/aromatic N) is 2. The van der Waals surface area contributed by atoms with Gasteiger partial charge in [-0.25, -0.2) is 4.79 Å². The molecule has 0 atom stereocenters. The van der Waals surface area contributed by atoms with E-state index in [1.165, 1.54) is 7.05 Å². The van der Waals surface area contributed by atoms with E-state index in [2.05, 4.69) is 15.6 Å². The van der Waals surface area contributed by atoms with Gasteiger partial charge in [-0.15, -0.1) is 24.0 Å². The lowest BCUT2D eigenvalue weighted by Crippen LogP contribution is -2.39. The number of hydrogen-bond acceptors (Lipinski definition) is 3. The monoisotopic (exact) mass is 556 g/mol. The highest BCUT2D eigenvalue weighted by Crippen LogP contribution is 2.35. The van der Waals surface area contributed by atoms with Crippen LogP contribution in [0, 0.1) is 6.92 Å². The maximum Gasteiger partial charge on any atom is 0.415 e. The van der Waals surface area contributed by atoms with Crippen molar-refractivity contribution in [3.63, 3.8) is 0 Å². The number of ether oxygens (including phenoxy) is 1. The third kappa shape index (κ3) is 9.53. The third-order valence-electron chi connectivity index (χ3n) is 4.41. The fraction of sp³-hybridized carbons (Fsp3) is 0.619. The Labute approximate surface area is 199 Å². The number of anilines is 1. The second-order valence-electron chi connectivity index (χ2n) is 8.42. The molecule has 0 bridgehead atoms. The number of nitrogens with one attached hydrogen (secondary N) is 2. The molecule has 6 nitrogen and oxygen atoms in total. The molecular formula is C21H32F3IN4O2. The van der Waals surface area contributed by atoms with Crippen LogP contribution in [0.2, 0.25) is 0 Å². The van der Waals surface area contributed by atoms with Gasteiger partial charge in [0.15, 0.2) is 5.96 Å². The van der Waals surface area contributed by atoms with E-state index in [4.69, 9.17) is 4.74 Å². The topological polar surface area (TPSA) is 66.0 Å². The van der Waals surface area contributed by atoms with Gasteiger partial charge in [0.2, 0.25) is 0 Å².